The van der Waals surface area contributed by atoms with Gasteiger partial charge in [0.1, 0.15) is 0 Å². The molecule has 12 rings (SSSR count). The van der Waals surface area contributed by atoms with Gasteiger partial charge in [-0.3, -0.25) is 0 Å². The van der Waals surface area contributed by atoms with Crippen molar-refractivity contribution < 1.29 is 0 Å². The molecule has 70 heavy (non-hydrogen) atoms. The summed E-state index contributed by atoms with van der Waals surface area (Å²) in [6, 6.07) is 104. The largest absolute Gasteiger partial charge is 0.310 e. The standard InChI is InChI=1S/C66H48N4/c1-6-20-49(21-7-1)50-36-38-51(39-37-50)52-40-42-57(43-41-52)68(55-26-12-4-13-27-55)59-31-19-33-61(47-59)69(60-32-18-30-58(46-60)67(53-22-8-2-9-23-53)54-24-10-3-11-25-54)62-44-45-64-63-34-16-17-35-65(63)70(66(64)48-62)56-28-14-5-15-29-56/h1-48H. The molecule has 0 unspecified atom stereocenters. The van der Waals surface area contributed by atoms with Crippen molar-refractivity contribution in [2.45, 2.75) is 0 Å². The Labute approximate surface area is 409 Å². The zero-order valence-corrected chi connectivity index (χ0v) is 38.5. The quantitative estimate of drug-likeness (QED) is 0.121. The molecule has 0 saturated heterocycles. The smallest absolute Gasteiger partial charge is 0.0561 e. The van der Waals surface area contributed by atoms with Crippen molar-refractivity contribution in [1.29, 1.82) is 0 Å². The first-order chi connectivity index (χ1) is 34.7. The molecule has 0 atom stereocenters. The van der Waals surface area contributed by atoms with E-state index in [1.54, 1.807) is 0 Å². The number of rotatable bonds is 12. The Kier molecular flexibility index (Phi) is 11.2. The molecule has 0 aliphatic rings. The molecule has 1 aromatic heterocycles. The fourth-order valence-electron chi connectivity index (χ4n) is 9.86. The highest BCUT2D eigenvalue weighted by atomic mass is 15.2. The second kappa shape index (κ2) is 18.7. The van der Waals surface area contributed by atoms with Crippen LogP contribution in [0.5, 0.6) is 0 Å². The number of para-hydroxylation sites is 5. The second-order valence-electron chi connectivity index (χ2n) is 17.4. The van der Waals surface area contributed by atoms with Gasteiger partial charge in [0.2, 0.25) is 0 Å². The van der Waals surface area contributed by atoms with Gasteiger partial charge in [0, 0.05) is 67.6 Å². The molecular formula is C66H48N4. The lowest BCUT2D eigenvalue weighted by molar-refractivity contribution is 1.18. The van der Waals surface area contributed by atoms with Crippen molar-refractivity contribution in [2.75, 3.05) is 14.7 Å². The molecular weight excluding hydrogens is 849 g/mol. The summed E-state index contributed by atoms with van der Waals surface area (Å²) in [4.78, 5) is 7.08. The third-order valence-corrected chi connectivity index (χ3v) is 13.1. The van der Waals surface area contributed by atoms with E-state index < -0.39 is 0 Å². The maximum absolute atomic E-state index is 2.40. The third kappa shape index (κ3) is 8.14. The summed E-state index contributed by atoms with van der Waals surface area (Å²) in [7, 11) is 0. The first-order valence-electron chi connectivity index (χ1n) is 23.8. The lowest BCUT2D eigenvalue weighted by Crippen LogP contribution is -2.14. The average molecular weight is 897 g/mol. The summed E-state index contributed by atoms with van der Waals surface area (Å²) in [5.41, 5.74) is 17.7. The zero-order valence-electron chi connectivity index (χ0n) is 38.5. The molecule has 0 spiro atoms. The molecule has 11 aromatic carbocycles. The van der Waals surface area contributed by atoms with Crippen LogP contribution in [0.15, 0.2) is 291 Å². The number of nitrogens with zero attached hydrogens (tertiary/aromatic N) is 4. The molecule has 332 valence electrons. The number of anilines is 9. The van der Waals surface area contributed by atoms with Crippen LogP contribution in [0.3, 0.4) is 0 Å². The van der Waals surface area contributed by atoms with Crippen LogP contribution in [-0.4, -0.2) is 4.57 Å². The van der Waals surface area contributed by atoms with E-state index in [-0.39, 0.29) is 0 Å². The van der Waals surface area contributed by atoms with E-state index in [1.165, 1.54) is 38.5 Å². The maximum Gasteiger partial charge on any atom is 0.0561 e. The molecule has 0 fully saturated rings. The summed E-state index contributed by atoms with van der Waals surface area (Å²) >= 11 is 0. The predicted octanol–water partition coefficient (Wildman–Crippen LogP) is 18.5. The van der Waals surface area contributed by atoms with Gasteiger partial charge in [-0.1, -0.05) is 176 Å². The van der Waals surface area contributed by atoms with E-state index in [0.717, 1.165) is 62.4 Å². The minimum Gasteiger partial charge on any atom is -0.310 e. The van der Waals surface area contributed by atoms with Gasteiger partial charge >= 0.3 is 0 Å². The summed E-state index contributed by atoms with van der Waals surface area (Å²) in [6.45, 7) is 0. The SMILES string of the molecule is c1ccc(-c2ccc(-c3ccc(N(c4ccccc4)c4cccc(N(c5cccc(N(c6ccccc6)c6ccccc6)c5)c5ccc6c7ccccc7n(-c7ccccc7)c6c5)c4)cc3)cc2)cc1. The molecule has 0 N–H and O–H groups in total. The minimum absolute atomic E-state index is 1.03. The van der Waals surface area contributed by atoms with E-state index in [9.17, 15) is 0 Å². The van der Waals surface area contributed by atoms with Gasteiger partial charge in [-0.15, -0.1) is 0 Å². The molecule has 0 amide bonds. The van der Waals surface area contributed by atoms with Crippen molar-refractivity contribution in [3.05, 3.63) is 291 Å². The lowest BCUT2D eigenvalue weighted by atomic mass is 10.00. The number of hydrogen-bond acceptors (Lipinski definition) is 3. The molecule has 0 bridgehead atoms. The Morgan fingerprint density at radius 1 is 0.200 bits per heavy atom. The van der Waals surface area contributed by atoms with Crippen LogP contribution in [0.4, 0.5) is 51.2 Å². The highest BCUT2D eigenvalue weighted by Crippen LogP contribution is 2.45. The van der Waals surface area contributed by atoms with E-state index in [0.29, 0.717) is 0 Å². The van der Waals surface area contributed by atoms with Crippen molar-refractivity contribution in [3.63, 3.8) is 0 Å². The summed E-state index contributed by atoms with van der Waals surface area (Å²) in [5, 5.41) is 2.43. The molecule has 1 heterocycles. The van der Waals surface area contributed by atoms with E-state index in [1.807, 2.05) is 0 Å². The van der Waals surface area contributed by atoms with E-state index >= 15 is 0 Å². The molecule has 0 aliphatic carbocycles. The molecule has 0 saturated carbocycles. The Hall–Kier alpha value is -9.38. The first kappa shape index (κ1) is 42.0. The van der Waals surface area contributed by atoms with Crippen LogP contribution < -0.4 is 14.7 Å². The van der Waals surface area contributed by atoms with Crippen LogP contribution in [-0.2, 0) is 0 Å². The predicted molar refractivity (Wildman–Crippen MR) is 296 cm³/mol. The normalized spacial score (nSPS) is 11.1. The Balaban J connectivity index is 1.01. The zero-order chi connectivity index (χ0) is 46.6. The Morgan fingerprint density at radius 3 is 1.00 bits per heavy atom. The minimum atomic E-state index is 1.03. The van der Waals surface area contributed by atoms with Crippen LogP contribution in [0, 0.1) is 0 Å². The van der Waals surface area contributed by atoms with Gasteiger partial charge in [0.15, 0.2) is 0 Å². The van der Waals surface area contributed by atoms with Gasteiger partial charge in [-0.2, -0.15) is 0 Å². The van der Waals surface area contributed by atoms with Crippen LogP contribution in [0.1, 0.15) is 0 Å². The monoisotopic (exact) mass is 896 g/mol. The lowest BCUT2D eigenvalue weighted by Gasteiger charge is -2.31. The number of fused-ring (bicyclic) bond motifs is 3. The van der Waals surface area contributed by atoms with Crippen LogP contribution in [0.25, 0.3) is 49.7 Å². The number of benzene rings is 11. The highest BCUT2D eigenvalue weighted by Gasteiger charge is 2.22. The fourth-order valence-corrected chi connectivity index (χ4v) is 9.86. The Morgan fingerprint density at radius 2 is 0.514 bits per heavy atom. The van der Waals surface area contributed by atoms with Crippen molar-refractivity contribution >= 4 is 73.0 Å². The first-order valence-corrected chi connectivity index (χ1v) is 23.8. The van der Waals surface area contributed by atoms with Crippen molar-refractivity contribution in [1.82, 2.24) is 4.57 Å². The van der Waals surface area contributed by atoms with Crippen molar-refractivity contribution in [2.24, 2.45) is 0 Å². The molecule has 4 nitrogen and oxygen atoms in total. The average Bonchev–Trinajstić information content (AvgIpc) is 3.77. The summed E-state index contributed by atoms with van der Waals surface area (Å²) < 4.78 is 2.39. The molecule has 4 heteroatoms. The second-order valence-corrected chi connectivity index (χ2v) is 17.4. The topological polar surface area (TPSA) is 14.7 Å². The molecule has 0 aliphatic heterocycles. The van der Waals surface area contributed by atoms with Crippen LogP contribution in [0.2, 0.25) is 0 Å². The fraction of sp³-hybridized carbons (Fsp3) is 0. The van der Waals surface area contributed by atoms with Gasteiger partial charge in [0.05, 0.1) is 11.0 Å². The number of hydrogen-bond donors (Lipinski definition) is 0. The van der Waals surface area contributed by atoms with Gasteiger partial charge < -0.3 is 19.3 Å². The Bertz CT molecular complexity index is 3650. The van der Waals surface area contributed by atoms with Gasteiger partial charge in [-0.05, 0) is 138 Å². The summed E-state index contributed by atoms with van der Waals surface area (Å²) in [5.74, 6) is 0. The summed E-state index contributed by atoms with van der Waals surface area (Å²) in [6.07, 6.45) is 0. The highest BCUT2D eigenvalue weighted by molar-refractivity contribution is 6.10. The van der Waals surface area contributed by atoms with Gasteiger partial charge in [-0.25, -0.2) is 0 Å². The van der Waals surface area contributed by atoms with Gasteiger partial charge in [0.25, 0.3) is 0 Å². The van der Waals surface area contributed by atoms with E-state index in [2.05, 4.69) is 310 Å². The maximum atomic E-state index is 2.40. The van der Waals surface area contributed by atoms with Crippen LogP contribution >= 0.6 is 0 Å². The van der Waals surface area contributed by atoms with E-state index in [4.69, 9.17) is 0 Å². The molecule has 0 radical (unpaired) electrons. The van der Waals surface area contributed by atoms with Crippen molar-refractivity contribution in [3.8, 4) is 27.9 Å². The third-order valence-electron chi connectivity index (χ3n) is 13.1. The molecule has 12 aromatic rings. The number of aromatic nitrogens is 1.